The molecule has 0 saturated carbocycles. The molecule has 1 aromatic carbocycles. The van der Waals surface area contributed by atoms with E-state index in [0.29, 0.717) is 11.4 Å². The Balaban J connectivity index is 1.68. The standard InChI is InChI=1S/C16H18ClN3OS/c1-11-9-18-6-7-20(11)15(21)8-14-10-22-16(19-14)12-2-4-13(17)5-3-12/h2-5,10-11,18H,6-9H2,1H3/t11-/m1/s1. The van der Waals surface area contributed by atoms with Crippen LogP contribution >= 0.6 is 22.9 Å². The van der Waals surface area contributed by atoms with Crippen molar-refractivity contribution in [2.45, 2.75) is 19.4 Å². The molecule has 1 aliphatic heterocycles. The van der Waals surface area contributed by atoms with Crippen LogP contribution in [0.5, 0.6) is 0 Å². The van der Waals surface area contributed by atoms with Gasteiger partial charge in [0.05, 0.1) is 12.1 Å². The second-order valence-electron chi connectivity index (χ2n) is 5.47. The molecule has 1 amide bonds. The molecule has 116 valence electrons. The van der Waals surface area contributed by atoms with E-state index in [-0.39, 0.29) is 11.9 Å². The van der Waals surface area contributed by atoms with Crippen LogP contribution in [0.25, 0.3) is 10.6 Å². The number of amides is 1. The first kappa shape index (κ1) is 15.5. The van der Waals surface area contributed by atoms with Crippen molar-refractivity contribution in [3.63, 3.8) is 0 Å². The van der Waals surface area contributed by atoms with Crippen molar-refractivity contribution in [2.75, 3.05) is 19.6 Å². The van der Waals surface area contributed by atoms with E-state index < -0.39 is 0 Å². The van der Waals surface area contributed by atoms with Gasteiger partial charge in [0, 0.05) is 41.6 Å². The lowest BCUT2D eigenvalue weighted by atomic mass is 10.2. The highest BCUT2D eigenvalue weighted by Crippen LogP contribution is 2.25. The highest BCUT2D eigenvalue weighted by atomic mass is 35.5. The van der Waals surface area contributed by atoms with Crippen LogP contribution in [-0.4, -0.2) is 41.5 Å². The molecule has 1 atom stereocenters. The van der Waals surface area contributed by atoms with Crippen molar-refractivity contribution in [2.24, 2.45) is 0 Å². The lowest BCUT2D eigenvalue weighted by Crippen LogP contribution is -2.52. The predicted octanol–water partition coefficient (Wildman–Crippen LogP) is 2.83. The summed E-state index contributed by atoms with van der Waals surface area (Å²) in [5.41, 5.74) is 1.87. The van der Waals surface area contributed by atoms with Gasteiger partial charge in [0.15, 0.2) is 0 Å². The molecule has 6 heteroatoms. The van der Waals surface area contributed by atoms with Crippen LogP contribution in [-0.2, 0) is 11.2 Å². The number of hydrogen-bond donors (Lipinski definition) is 1. The molecule has 2 aromatic rings. The molecule has 22 heavy (non-hydrogen) atoms. The van der Waals surface area contributed by atoms with Crippen LogP contribution in [0.1, 0.15) is 12.6 Å². The van der Waals surface area contributed by atoms with Crippen LogP contribution in [0.3, 0.4) is 0 Å². The Morgan fingerprint density at radius 1 is 1.45 bits per heavy atom. The average molecular weight is 336 g/mol. The van der Waals surface area contributed by atoms with Gasteiger partial charge in [-0.2, -0.15) is 0 Å². The number of aromatic nitrogens is 1. The molecule has 0 aliphatic carbocycles. The lowest BCUT2D eigenvalue weighted by molar-refractivity contribution is -0.133. The fourth-order valence-electron chi connectivity index (χ4n) is 2.58. The molecule has 1 aromatic heterocycles. The third kappa shape index (κ3) is 3.48. The van der Waals surface area contributed by atoms with Crippen molar-refractivity contribution in [3.05, 3.63) is 40.4 Å². The molecular weight excluding hydrogens is 318 g/mol. The number of thiazole rings is 1. The summed E-state index contributed by atoms with van der Waals surface area (Å²) in [6, 6.07) is 7.85. The zero-order chi connectivity index (χ0) is 15.5. The van der Waals surface area contributed by atoms with E-state index in [9.17, 15) is 4.79 Å². The number of benzene rings is 1. The monoisotopic (exact) mass is 335 g/mol. The zero-order valence-corrected chi connectivity index (χ0v) is 14.0. The number of carbonyl (C=O) groups excluding carboxylic acids is 1. The number of hydrogen-bond acceptors (Lipinski definition) is 4. The van der Waals surface area contributed by atoms with Crippen LogP contribution < -0.4 is 5.32 Å². The molecule has 2 heterocycles. The van der Waals surface area contributed by atoms with Crippen molar-refractivity contribution in [1.82, 2.24) is 15.2 Å². The summed E-state index contributed by atoms with van der Waals surface area (Å²) in [6.07, 6.45) is 0.369. The summed E-state index contributed by atoms with van der Waals surface area (Å²) in [5, 5.41) is 6.90. The molecule has 3 rings (SSSR count). The van der Waals surface area contributed by atoms with Crippen molar-refractivity contribution < 1.29 is 4.79 Å². The second kappa shape index (κ2) is 6.77. The molecule has 1 saturated heterocycles. The van der Waals surface area contributed by atoms with E-state index in [1.54, 1.807) is 11.3 Å². The molecule has 4 nitrogen and oxygen atoms in total. The zero-order valence-electron chi connectivity index (χ0n) is 12.4. The van der Waals surface area contributed by atoms with Gasteiger partial charge in [-0.1, -0.05) is 23.7 Å². The van der Waals surface area contributed by atoms with E-state index in [2.05, 4.69) is 17.2 Å². The molecule has 0 spiro atoms. The first-order valence-electron chi connectivity index (χ1n) is 7.34. The summed E-state index contributed by atoms with van der Waals surface area (Å²) < 4.78 is 0. The minimum absolute atomic E-state index is 0.155. The highest BCUT2D eigenvalue weighted by molar-refractivity contribution is 7.13. The van der Waals surface area contributed by atoms with Crippen LogP contribution in [0, 0.1) is 0 Å². The molecule has 0 radical (unpaired) electrons. The average Bonchev–Trinajstić information content (AvgIpc) is 2.97. The number of halogens is 1. The van der Waals surface area contributed by atoms with E-state index in [0.717, 1.165) is 35.9 Å². The minimum atomic E-state index is 0.155. The van der Waals surface area contributed by atoms with Gasteiger partial charge in [0.25, 0.3) is 0 Å². The van der Waals surface area contributed by atoms with E-state index in [1.165, 1.54) is 0 Å². The summed E-state index contributed by atoms with van der Waals surface area (Å²) in [6.45, 7) is 4.57. The van der Waals surface area contributed by atoms with Crippen LogP contribution in [0.4, 0.5) is 0 Å². The Bertz CT molecular complexity index is 656. The van der Waals surface area contributed by atoms with Gasteiger partial charge >= 0.3 is 0 Å². The molecular formula is C16H18ClN3OS. The van der Waals surface area contributed by atoms with Gasteiger partial charge in [0.1, 0.15) is 5.01 Å². The Morgan fingerprint density at radius 2 is 2.23 bits per heavy atom. The van der Waals surface area contributed by atoms with Gasteiger partial charge < -0.3 is 10.2 Å². The maximum Gasteiger partial charge on any atom is 0.228 e. The normalized spacial score (nSPS) is 18.5. The number of carbonyl (C=O) groups is 1. The maximum atomic E-state index is 12.4. The van der Waals surface area contributed by atoms with Crippen molar-refractivity contribution in [3.8, 4) is 10.6 Å². The summed E-state index contributed by atoms with van der Waals surface area (Å²) >= 11 is 7.46. The minimum Gasteiger partial charge on any atom is -0.337 e. The Labute approximate surface area is 139 Å². The Hall–Kier alpha value is -1.43. The fourth-order valence-corrected chi connectivity index (χ4v) is 3.53. The van der Waals surface area contributed by atoms with Gasteiger partial charge in [0.2, 0.25) is 5.91 Å². The highest BCUT2D eigenvalue weighted by Gasteiger charge is 2.23. The van der Waals surface area contributed by atoms with Gasteiger partial charge in [-0.05, 0) is 19.1 Å². The van der Waals surface area contributed by atoms with Crippen molar-refractivity contribution >= 4 is 28.8 Å². The third-order valence-corrected chi connectivity index (χ3v) is 4.99. The van der Waals surface area contributed by atoms with E-state index in [1.807, 2.05) is 34.5 Å². The quantitative estimate of drug-likeness (QED) is 0.938. The SMILES string of the molecule is C[C@@H]1CNCCN1C(=O)Cc1csc(-c2ccc(Cl)cc2)n1. The lowest BCUT2D eigenvalue weighted by Gasteiger charge is -2.33. The summed E-state index contributed by atoms with van der Waals surface area (Å²) in [4.78, 5) is 18.9. The Morgan fingerprint density at radius 3 is 2.95 bits per heavy atom. The topological polar surface area (TPSA) is 45.2 Å². The van der Waals surface area contributed by atoms with Crippen LogP contribution in [0.2, 0.25) is 5.02 Å². The number of nitrogens with one attached hydrogen (secondary N) is 1. The molecule has 0 unspecified atom stereocenters. The fraction of sp³-hybridized carbons (Fsp3) is 0.375. The Kier molecular flexibility index (Phi) is 4.76. The van der Waals surface area contributed by atoms with Gasteiger partial charge in [-0.15, -0.1) is 11.3 Å². The third-order valence-electron chi connectivity index (χ3n) is 3.80. The molecule has 1 fully saturated rings. The van der Waals surface area contributed by atoms with E-state index in [4.69, 9.17) is 11.6 Å². The molecule has 1 aliphatic rings. The maximum absolute atomic E-state index is 12.4. The number of piperazine rings is 1. The summed E-state index contributed by atoms with van der Waals surface area (Å²) in [5.74, 6) is 0.155. The summed E-state index contributed by atoms with van der Waals surface area (Å²) in [7, 11) is 0. The van der Waals surface area contributed by atoms with Crippen molar-refractivity contribution in [1.29, 1.82) is 0 Å². The smallest absolute Gasteiger partial charge is 0.228 e. The largest absolute Gasteiger partial charge is 0.337 e. The van der Waals surface area contributed by atoms with Gasteiger partial charge in [-0.25, -0.2) is 4.98 Å². The second-order valence-corrected chi connectivity index (χ2v) is 6.76. The van der Waals surface area contributed by atoms with Gasteiger partial charge in [-0.3, -0.25) is 4.79 Å². The van der Waals surface area contributed by atoms with Crippen LogP contribution in [0.15, 0.2) is 29.6 Å². The number of nitrogens with zero attached hydrogens (tertiary/aromatic N) is 2. The first-order chi connectivity index (χ1) is 10.6. The first-order valence-corrected chi connectivity index (χ1v) is 8.60. The predicted molar refractivity (Wildman–Crippen MR) is 90.3 cm³/mol. The molecule has 0 bridgehead atoms. The van der Waals surface area contributed by atoms with E-state index >= 15 is 0 Å². The molecule has 1 N–H and O–H groups in total. The number of rotatable bonds is 3.